The number of aryl methyl sites for hydroxylation is 3. The first kappa shape index (κ1) is 54.3. The summed E-state index contributed by atoms with van der Waals surface area (Å²) in [6, 6.07) is 15.2. The summed E-state index contributed by atoms with van der Waals surface area (Å²) in [6.45, 7) is 13.0. The number of hydrogen-bond acceptors (Lipinski definition) is 8. The van der Waals surface area contributed by atoms with Crippen LogP contribution in [0.2, 0.25) is 0 Å². The van der Waals surface area contributed by atoms with Crippen molar-refractivity contribution >= 4 is 53.1 Å². The first-order valence-corrected chi connectivity index (χ1v) is 25.8. The third kappa shape index (κ3) is 13.8. The quantitative estimate of drug-likeness (QED) is 0.0157. The fraction of sp³-hybridized carbons (Fsp3) is 0.482. The molecule has 73 heavy (non-hydrogen) atoms. The van der Waals surface area contributed by atoms with E-state index in [1.54, 1.807) is 40.1 Å². The Morgan fingerprint density at radius 2 is 1.63 bits per heavy atom. The predicted molar refractivity (Wildman–Crippen MR) is 283 cm³/mol. The van der Waals surface area contributed by atoms with Gasteiger partial charge in [0.1, 0.15) is 23.7 Å². The molecule has 4 heterocycles. The van der Waals surface area contributed by atoms with Crippen molar-refractivity contribution in [3.05, 3.63) is 124 Å². The first-order valence-electron chi connectivity index (χ1n) is 25.8. The van der Waals surface area contributed by atoms with E-state index in [-0.39, 0.29) is 24.5 Å². The Labute approximate surface area is 428 Å². The number of halogens is 2. The van der Waals surface area contributed by atoms with E-state index >= 15 is 0 Å². The highest BCUT2D eigenvalue weighted by atomic mass is 19.2. The summed E-state index contributed by atoms with van der Waals surface area (Å²) in [5, 5.41) is 18.7. The van der Waals surface area contributed by atoms with Gasteiger partial charge in [-0.25, -0.2) is 4.68 Å². The number of amides is 3. The van der Waals surface area contributed by atoms with E-state index in [0.717, 1.165) is 86.6 Å². The second-order valence-corrected chi connectivity index (χ2v) is 20.4. The number of nitrogens with zero attached hydrogens (tertiary/aromatic N) is 5. The predicted octanol–water partition coefficient (Wildman–Crippen LogP) is 9.00. The number of nitrogens with one attached hydrogen (secondary N) is 4. The summed E-state index contributed by atoms with van der Waals surface area (Å²) in [5.41, 5.74) is 7.64. The Morgan fingerprint density at radius 1 is 0.932 bits per heavy atom. The molecule has 2 fully saturated rings. The zero-order valence-corrected chi connectivity index (χ0v) is 43.7. The lowest BCUT2D eigenvalue weighted by atomic mass is 9.82. The molecule has 3 amide bonds. The van der Waals surface area contributed by atoms with Crippen molar-refractivity contribution in [2.24, 2.45) is 10.9 Å². The van der Waals surface area contributed by atoms with Gasteiger partial charge in [0.05, 0.1) is 18.3 Å². The average Bonchev–Trinajstić information content (AvgIpc) is 3.62. The van der Waals surface area contributed by atoms with Crippen molar-refractivity contribution < 1.29 is 32.5 Å². The lowest BCUT2D eigenvalue weighted by molar-refractivity contribution is -0.134. The van der Waals surface area contributed by atoms with E-state index in [9.17, 15) is 27.8 Å². The lowest BCUT2D eigenvalue weighted by Crippen LogP contribution is -2.57. The number of ether oxygens (including phenoxy) is 1. The van der Waals surface area contributed by atoms with E-state index in [1.165, 1.54) is 4.68 Å². The van der Waals surface area contributed by atoms with E-state index < -0.39 is 54.9 Å². The number of benzene rings is 2. The molecule has 0 unspecified atom stereocenters. The molecule has 7 rings (SSSR count). The maximum absolute atomic E-state index is 14.5. The molecule has 5 aromatic rings. The molecular weight excluding hydrogens is 927 g/mol. The minimum Gasteiger partial charge on any atom is -0.361 e. The molecule has 0 bridgehead atoms. The number of rotatable bonds is 24. The number of aliphatic imine (C=N–C) groups is 1. The number of ketones is 1. The van der Waals surface area contributed by atoms with Crippen molar-refractivity contribution in [3.63, 3.8) is 0 Å². The van der Waals surface area contributed by atoms with Crippen molar-refractivity contribution in [3.8, 4) is 0 Å². The third-order valence-corrected chi connectivity index (χ3v) is 14.8. The molecule has 17 heteroatoms. The summed E-state index contributed by atoms with van der Waals surface area (Å²) in [4.78, 5) is 64.5. The van der Waals surface area contributed by atoms with Gasteiger partial charge in [0.15, 0.2) is 5.78 Å². The number of unbranched alkanes of at least 4 members (excludes halogenated alkanes) is 1. The van der Waals surface area contributed by atoms with Gasteiger partial charge in [0, 0.05) is 60.3 Å². The smallest absolute Gasteiger partial charge is 0.361 e. The number of Topliss-reactive ketones (excluding diaryl/α,β-unsaturated/α-hetero) is 1. The van der Waals surface area contributed by atoms with Gasteiger partial charge in [-0.15, -0.1) is 5.10 Å². The summed E-state index contributed by atoms with van der Waals surface area (Å²) >= 11 is 0. The summed E-state index contributed by atoms with van der Waals surface area (Å²) in [5.74, 6) is -1.42. The van der Waals surface area contributed by atoms with Crippen LogP contribution in [0, 0.1) is 19.8 Å². The standard InChI is InChI=1S/C56H72BF2N9O5/c1-35(27-37(3)60-8)39(5)45(51-36(2)28-38(4)68(51)57(58)59)24-16-15-23-44-33-67(66-65-44)50(30-42-21-13-10-14-22-42)55(72)62-40(6)53(70)64-49(31-43-32-61-47-26-18-17-25-46(43)47)54(71)63-48(52(69)56(7)34-73-56)29-41-19-11-9-12-20-41/h10,13-14,17-18,21-22,25-28,32-33,40-41,48-50,61H,9,11-12,15-16,19-20,23-24,29-31,34H2,1-8H3,(H,62,72)(H,63,71)(H,64,70)/b35-27-,45-39+,60-37?/t40-,48+,49+,50+,56-/m1/s1. The highest BCUT2D eigenvalue weighted by Gasteiger charge is 2.50. The molecule has 3 aromatic heterocycles. The maximum Gasteiger partial charge on any atom is 0.677 e. The zero-order valence-electron chi connectivity index (χ0n) is 43.7. The highest BCUT2D eigenvalue weighted by Crippen LogP contribution is 2.35. The average molecular weight is 1000 g/mol. The minimum absolute atomic E-state index is 0.128. The van der Waals surface area contributed by atoms with Crippen LogP contribution >= 0.6 is 0 Å². The van der Waals surface area contributed by atoms with E-state index in [2.05, 4.69) is 36.2 Å². The van der Waals surface area contributed by atoms with E-state index in [0.29, 0.717) is 55.8 Å². The molecular formula is C56H72BF2N9O5. The van der Waals surface area contributed by atoms with Gasteiger partial charge in [-0.2, -0.15) is 0 Å². The van der Waals surface area contributed by atoms with Crippen LogP contribution in [0.15, 0.2) is 95.3 Å². The molecule has 4 N–H and O–H groups in total. The number of allylic oxidation sites excluding steroid dienone is 4. The molecule has 1 aliphatic heterocycles. The minimum atomic E-state index is -2.69. The van der Waals surface area contributed by atoms with E-state index in [4.69, 9.17) is 4.74 Å². The van der Waals surface area contributed by atoms with E-state index in [1.807, 2.05) is 94.6 Å². The van der Waals surface area contributed by atoms with Crippen molar-refractivity contribution in [2.45, 2.75) is 155 Å². The Balaban J connectivity index is 1.06. The monoisotopic (exact) mass is 1000 g/mol. The molecule has 2 aromatic carbocycles. The van der Waals surface area contributed by atoms with Gasteiger partial charge >= 0.3 is 7.40 Å². The van der Waals surface area contributed by atoms with Gasteiger partial charge in [0.25, 0.3) is 0 Å². The molecule has 0 radical (unpaired) electrons. The normalized spacial score (nSPS) is 18.4. The largest absolute Gasteiger partial charge is 0.677 e. The Bertz CT molecular complexity index is 2840. The fourth-order valence-corrected chi connectivity index (χ4v) is 10.3. The van der Waals surface area contributed by atoms with Crippen LogP contribution in [0.4, 0.5) is 8.63 Å². The molecule has 5 atom stereocenters. The second kappa shape index (κ2) is 24.5. The Hall–Kier alpha value is -6.49. The molecule has 2 aliphatic rings. The van der Waals surface area contributed by atoms with Crippen LogP contribution < -0.4 is 16.0 Å². The number of para-hydroxylation sites is 1. The van der Waals surface area contributed by atoms with Crippen LogP contribution in [-0.4, -0.2) is 98.5 Å². The van der Waals surface area contributed by atoms with Gasteiger partial charge in [-0.05, 0) is 138 Å². The number of carbonyl (C=O) groups is 4. The van der Waals surface area contributed by atoms with Crippen molar-refractivity contribution in [2.75, 3.05) is 13.7 Å². The number of hydrogen-bond donors (Lipinski definition) is 4. The SMILES string of the molecule is CN=C(C)/C=C(C)\C(C)=C(/CCCCc1cn([C@@H](Cc2ccccc2)C(=O)N[C@H](C)C(=O)N[C@@H](Cc2c[nH]c3ccccc23)C(=O)N[C@@H](CC2CCCCC2)C(=O)[C@@]2(C)CO2)nn1)c1c(C)cc(C)n1B(F)F. The molecule has 388 valence electrons. The topological polar surface area (TPSA) is 181 Å². The van der Waals surface area contributed by atoms with Gasteiger partial charge in [-0.3, -0.25) is 32.8 Å². The van der Waals surface area contributed by atoms with Crippen LogP contribution in [0.1, 0.15) is 132 Å². The molecule has 0 spiro atoms. The summed E-state index contributed by atoms with van der Waals surface area (Å²) in [7, 11) is -0.972. The molecule has 1 aliphatic carbocycles. The number of fused-ring (bicyclic) bond motifs is 1. The Morgan fingerprint density at radius 3 is 2.33 bits per heavy atom. The van der Waals surface area contributed by atoms with Crippen LogP contribution in [0.5, 0.6) is 0 Å². The number of H-pyrrole nitrogens is 1. The van der Waals surface area contributed by atoms with Crippen LogP contribution in [0.3, 0.4) is 0 Å². The third-order valence-electron chi connectivity index (χ3n) is 14.8. The summed E-state index contributed by atoms with van der Waals surface area (Å²) in [6.07, 6.45) is 14.1. The first-order chi connectivity index (χ1) is 35.0. The van der Waals surface area contributed by atoms with Gasteiger partial charge in [-0.1, -0.05) is 85.8 Å². The second-order valence-electron chi connectivity index (χ2n) is 20.4. The van der Waals surface area contributed by atoms with Crippen molar-refractivity contribution in [1.82, 2.24) is 40.4 Å². The van der Waals surface area contributed by atoms with Crippen LogP contribution in [0.25, 0.3) is 16.5 Å². The molecule has 1 saturated heterocycles. The fourth-order valence-electron chi connectivity index (χ4n) is 10.3. The number of aromatic nitrogens is 5. The number of epoxide rings is 1. The molecule has 1 saturated carbocycles. The number of carbonyl (C=O) groups excluding carboxylic acids is 4. The molecule has 14 nitrogen and oxygen atoms in total. The highest BCUT2D eigenvalue weighted by molar-refractivity contribution is 6.41. The van der Waals surface area contributed by atoms with Crippen LogP contribution in [-0.2, 0) is 43.2 Å². The Kier molecular flexibility index (Phi) is 18.2. The zero-order chi connectivity index (χ0) is 52.4. The lowest BCUT2D eigenvalue weighted by Gasteiger charge is -2.29. The van der Waals surface area contributed by atoms with Gasteiger partial charge in [0.2, 0.25) is 17.7 Å². The van der Waals surface area contributed by atoms with Gasteiger partial charge < -0.3 is 30.1 Å². The van der Waals surface area contributed by atoms with Crippen molar-refractivity contribution in [1.29, 1.82) is 0 Å². The summed E-state index contributed by atoms with van der Waals surface area (Å²) < 4.78 is 37.2. The number of aromatic amines is 1. The maximum atomic E-state index is 14.5.